The van der Waals surface area contributed by atoms with Gasteiger partial charge in [0.1, 0.15) is 6.04 Å². The number of carbonyl (C=O) groups is 1. The molecule has 0 aliphatic heterocycles. The first-order valence-corrected chi connectivity index (χ1v) is 7.81. The van der Waals surface area contributed by atoms with Gasteiger partial charge in [-0.05, 0) is 52.0 Å². The Bertz CT molecular complexity index is 263. The number of rotatable bonds is 7. The number of esters is 1. The van der Waals surface area contributed by atoms with Crippen LogP contribution in [-0.4, -0.2) is 42.1 Å². The number of nitrogens with two attached hydrogens (primary N) is 1. The number of carbonyl (C=O) groups excluding carboxylic acids is 1. The van der Waals surface area contributed by atoms with E-state index in [0.29, 0.717) is 18.7 Å². The van der Waals surface area contributed by atoms with Gasteiger partial charge in [-0.25, -0.2) is 0 Å². The second kappa shape index (κ2) is 8.54. The first-order chi connectivity index (χ1) is 9.13. The zero-order chi connectivity index (χ0) is 14.3. The smallest absolute Gasteiger partial charge is 0.323 e. The van der Waals surface area contributed by atoms with Crippen LogP contribution >= 0.6 is 0 Å². The van der Waals surface area contributed by atoms with Crippen molar-refractivity contribution in [1.29, 1.82) is 0 Å². The Morgan fingerprint density at radius 1 is 1.26 bits per heavy atom. The number of nitrogens with zero attached hydrogens (tertiary/aromatic N) is 1. The van der Waals surface area contributed by atoms with Crippen molar-refractivity contribution in [1.82, 2.24) is 4.90 Å². The third-order valence-electron chi connectivity index (χ3n) is 4.04. The molecular formula is C15H30N2O2. The minimum atomic E-state index is -0.0841. The maximum absolute atomic E-state index is 12.1. The molecule has 1 saturated carbocycles. The van der Waals surface area contributed by atoms with Gasteiger partial charge in [0.15, 0.2) is 0 Å². The van der Waals surface area contributed by atoms with Crippen LogP contribution in [0.1, 0.15) is 59.3 Å². The molecule has 0 bridgehead atoms. The van der Waals surface area contributed by atoms with Gasteiger partial charge in [-0.3, -0.25) is 9.69 Å². The zero-order valence-corrected chi connectivity index (χ0v) is 12.7. The Labute approximate surface area is 117 Å². The average molecular weight is 270 g/mol. The van der Waals surface area contributed by atoms with Crippen molar-refractivity contribution >= 4 is 5.97 Å². The number of ether oxygens (including phenoxy) is 1. The van der Waals surface area contributed by atoms with Gasteiger partial charge in [0.2, 0.25) is 0 Å². The van der Waals surface area contributed by atoms with Crippen LogP contribution in [0.25, 0.3) is 0 Å². The summed E-state index contributed by atoms with van der Waals surface area (Å²) in [5.41, 5.74) is 5.98. The summed E-state index contributed by atoms with van der Waals surface area (Å²) in [6.07, 6.45) is 6.25. The summed E-state index contributed by atoms with van der Waals surface area (Å²) in [5, 5.41) is 0. The highest BCUT2D eigenvalue weighted by molar-refractivity contribution is 5.75. The van der Waals surface area contributed by atoms with Gasteiger partial charge in [-0.15, -0.1) is 0 Å². The van der Waals surface area contributed by atoms with Gasteiger partial charge in [0, 0.05) is 12.1 Å². The lowest BCUT2D eigenvalue weighted by Gasteiger charge is -2.39. The Hall–Kier alpha value is -0.610. The van der Waals surface area contributed by atoms with Gasteiger partial charge >= 0.3 is 5.97 Å². The lowest BCUT2D eigenvalue weighted by atomic mass is 9.89. The van der Waals surface area contributed by atoms with E-state index >= 15 is 0 Å². The molecule has 0 saturated heterocycles. The highest BCUT2D eigenvalue weighted by Crippen LogP contribution is 2.25. The Balaban J connectivity index is 2.70. The van der Waals surface area contributed by atoms with Crippen molar-refractivity contribution in [3.05, 3.63) is 0 Å². The van der Waals surface area contributed by atoms with Gasteiger partial charge in [-0.1, -0.05) is 13.8 Å². The van der Waals surface area contributed by atoms with E-state index in [9.17, 15) is 4.79 Å². The summed E-state index contributed by atoms with van der Waals surface area (Å²) in [4.78, 5) is 14.5. The van der Waals surface area contributed by atoms with Crippen LogP contribution in [0, 0.1) is 0 Å². The first-order valence-electron chi connectivity index (χ1n) is 7.81. The summed E-state index contributed by atoms with van der Waals surface area (Å²) in [6.45, 7) is 7.54. The molecule has 4 nitrogen and oxygen atoms in total. The minimum absolute atomic E-state index is 0.0617. The second-order valence-corrected chi connectivity index (χ2v) is 5.48. The van der Waals surface area contributed by atoms with E-state index in [4.69, 9.17) is 10.5 Å². The second-order valence-electron chi connectivity index (χ2n) is 5.48. The zero-order valence-electron chi connectivity index (χ0n) is 12.7. The normalized spacial score (nSPS) is 25.3. The molecule has 1 aliphatic rings. The van der Waals surface area contributed by atoms with Crippen LogP contribution in [0.2, 0.25) is 0 Å². The Morgan fingerprint density at radius 3 is 2.37 bits per heavy atom. The van der Waals surface area contributed by atoms with Crippen molar-refractivity contribution in [2.24, 2.45) is 5.73 Å². The first kappa shape index (κ1) is 16.4. The van der Waals surface area contributed by atoms with E-state index in [2.05, 4.69) is 18.7 Å². The monoisotopic (exact) mass is 270 g/mol. The third kappa shape index (κ3) is 4.77. The molecule has 0 radical (unpaired) electrons. The molecule has 0 aromatic heterocycles. The van der Waals surface area contributed by atoms with E-state index in [0.717, 1.165) is 45.1 Å². The fourth-order valence-electron chi connectivity index (χ4n) is 3.06. The third-order valence-corrected chi connectivity index (χ3v) is 4.04. The molecule has 1 rings (SSSR count). The van der Waals surface area contributed by atoms with Crippen LogP contribution in [0.15, 0.2) is 0 Å². The molecule has 1 fully saturated rings. The number of hydrogen-bond donors (Lipinski definition) is 1. The van der Waals surface area contributed by atoms with E-state index in [1.54, 1.807) is 0 Å². The molecule has 0 amide bonds. The average Bonchev–Trinajstić information content (AvgIpc) is 2.40. The molecule has 0 aromatic rings. The molecule has 1 aliphatic carbocycles. The summed E-state index contributed by atoms with van der Waals surface area (Å²) < 4.78 is 5.23. The van der Waals surface area contributed by atoms with Crippen molar-refractivity contribution < 1.29 is 9.53 Å². The maximum Gasteiger partial charge on any atom is 0.323 e. The van der Waals surface area contributed by atoms with E-state index < -0.39 is 0 Å². The highest BCUT2D eigenvalue weighted by Gasteiger charge is 2.32. The van der Waals surface area contributed by atoms with Crippen molar-refractivity contribution in [2.75, 3.05) is 13.2 Å². The quantitative estimate of drug-likeness (QED) is 0.721. The molecule has 1 unspecified atom stereocenters. The maximum atomic E-state index is 12.1. The summed E-state index contributed by atoms with van der Waals surface area (Å²) in [5.74, 6) is -0.0617. The van der Waals surface area contributed by atoms with Gasteiger partial charge in [-0.2, -0.15) is 0 Å². The van der Waals surface area contributed by atoms with E-state index in [1.165, 1.54) is 0 Å². The molecular weight excluding hydrogens is 240 g/mol. The fraction of sp³-hybridized carbons (Fsp3) is 0.933. The van der Waals surface area contributed by atoms with Gasteiger partial charge in [0.05, 0.1) is 6.61 Å². The number of hydrogen-bond acceptors (Lipinski definition) is 4. The lowest BCUT2D eigenvalue weighted by molar-refractivity contribution is -0.151. The largest absolute Gasteiger partial charge is 0.465 e. The highest BCUT2D eigenvalue weighted by atomic mass is 16.5. The van der Waals surface area contributed by atoms with Gasteiger partial charge in [0.25, 0.3) is 0 Å². The Morgan fingerprint density at radius 2 is 1.89 bits per heavy atom. The van der Waals surface area contributed by atoms with Crippen LogP contribution in [0.4, 0.5) is 0 Å². The lowest BCUT2D eigenvalue weighted by Crippen LogP contribution is -2.50. The fourth-order valence-corrected chi connectivity index (χ4v) is 3.06. The molecule has 1 atom stereocenters. The molecule has 4 heteroatoms. The molecule has 0 heterocycles. The molecule has 0 spiro atoms. The predicted octanol–water partition coefficient (Wildman–Crippen LogP) is 2.31. The molecule has 19 heavy (non-hydrogen) atoms. The van der Waals surface area contributed by atoms with Gasteiger partial charge < -0.3 is 10.5 Å². The van der Waals surface area contributed by atoms with Crippen LogP contribution in [0.5, 0.6) is 0 Å². The minimum Gasteiger partial charge on any atom is -0.465 e. The topological polar surface area (TPSA) is 55.6 Å². The Kier molecular flexibility index (Phi) is 7.39. The molecule has 0 aromatic carbocycles. The predicted molar refractivity (Wildman–Crippen MR) is 77.9 cm³/mol. The molecule has 2 N–H and O–H groups in total. The summed E-state index contributed by atoms with van der Waals surface area (Å²) in [6, 6.07) is 0.760. The van der Waals surface area contributed by atoms with E-state index in [-0.39, 0.29) is 12.0 Å². The summed E-state index contributed by atoms with van der Waals surface area (Å²) in [7, 11) is 0. The van der Waals surface area contributed by atoms with Crippen LogP contribution in [0.3, 0.4) is 0 Å². The van der Waals surface area contributed by atoms with Crippen LogP contribution < -0.4 is 5.73 Å². The SMILES string of the molecule is CCCN(C1CCC(N)CC1)C(CC)C(=O)OCC. The van der Waals surface area contributed by atoms with Crippen molar-refractivity contribution in [3.63, 3.8) is 0 Å². The standard InChI is InChI=1S/C15H30N2O2/c1-4-11-17(13-9-7-12(16)8-10-13)14(5-2)15(18)19-6-3/h12-14H,4-11,16H2,1-3H3. The molecule has 112 valence electrons. The summed E-state index contributed by atoms with van der Waals surface area (Å²) >= 11 is 0. The van der Waals surface area contributed by atoms with Crippen molar-refractivity contribution in [2.45, 2.75) is 77.4 Å². The van der Waals surface area contributed by atoms with Crippen molar-refractivity contribution in [3.8, 4) is 0 Å². The van der Waals surface area contributed by atoms with Crippen LogP contribution in [-0.2, 0) is 9.53 Å². The van der Waals surface area contributed by atoms with E-state index in [1.807, 2.05) is 6.92 Å².